The van der Waals surface area contributed by atoms with Crippen LogP contribution in [0.25, 0.3) is 21.7 Å². The molecule has 3 N–H and O–H groups in total. The van der Waals surface area contributed by atoms with Crippen molar-refractivity contribution >= 4 is 39.8 Å². The zero-order chi connectivity index (χ0) is 23.7. The molecular formula is C22H24N6O4S. The van der Waals surface area contributed by atoms with E-state index >= 15 is 0 Å². The quantitative estimate of drug-likeness (QED) is 0.424. The third kappa shape index (κ3) is 3.95. The molecule has 0 saturated carbocycles. The van der Waals surface area contributed by atoms with Crippen LogP contribution in [-0.4, -0.2) is 32.1 Å². The Morgan fingerprint density at radius 2 is 2.12 bits per heavy atom. The molecule has 0 aliphatic carbocycles. The molecule has 0 unspecified atom stereocenters. The molecule has 4 aromatic heterocycles. The van der Waals surface area contributed by atoms with E-state index in [0.29, 0.717) is 29.7 Å². The highest BCUT2D eigenvalue weighted by atomic mass is 32.1. The van der Waals surface area contributed by atoms with Gasteiger partial charge in [0.2, 0.25) is 0 Å². The van der Waals surface area contributed by atoms with Crippen LogP contribution >= 0.6 is 11.3 Å². The molecule has 11 heteroatoms. The first-order valence-electron chi connectivity index (χ1n) is 10.6. The van der Waals surface area contributed by atoms with Crippen LogP contribution in [0.3, 0.4) is 0 Å². The molecule has 4 aromatic rings. The monoisotopic (exact) mass is 468 g/mol. The van der Waals surface area contributed by atoms with Gasteiger partial charge < -0.3 is 15.2 Å². The lowest BCUT2D eigenvalue weighted by Crippen LogP contribution is -2.41. The van der Waals surface area contributed by atoms with E-state index in [0.717, 1.165) is 11.3 Å². The van der Waals surface area contributed by atoms with Gasteiger partial charge in [0, 0.05) is 13.1 Å². The van der Waals surface area contributed by atoms with Gasteiger partial charge in [-0.3, -0.25) is 19.1 Å². The molecule has 0 fully saturated rings. The average Bonchev–Trinajstić information content (AvgIpc) is 3.46. The summed E-state index contributed by atoms with van der Waals surface area (Å²) in [5, 5.41) is 6.35. The van der Waals surface area contributed by atoms with Gasteiger partial charge in [-0.1, -0.05) is 24.6 Å². The second-order valence-electron chi connectivity index (χ2n) is 7.53. The number of H-pyrrole nitrogens is 1. The second-order valence-corrected chi connectivity index (χ2v) is 8.48. The van der Waals surface area contributed by atoms with Crippen molar-refractivity contribution in [3.8, 4) is 10.6 Å². The van der Waals surface area contributed by atoms with Crippen LogP contribution in [0, 0.1) is 6.92 Å². The van der Waals surface area contributed by atoms with Crippen LogP contribution in [0.4, 0.5) is 11.5 Å². The number of aryl methyl sites for hydroxylation is 1. The van der Waals surface area contributed by atoms with Gasteiger partial charge >= 0.3 is 5.69 Å². The second kappa shape index (κ2) is 9.02. The van der Waals surface area contributed by atoms with E-state index in [1.165, 1.54) is 20.8 Å². The standard InChI is InChI=1S/C22H24N6O4S/c1-4-6-9-28-18(23)17(19(29)25-22(28)31)27(5-2)21(30)13-11-14(15-8-7-10-33-15)24-20-16(13)12(3)26-32-20/h7-8,10-11H,4-6,9,23H2,1-3H3,(H,25,29,31). The number of hydrogen-bond acceptors (Lipinski definition) is 8. The smallest absolute Gasteiger partial charge is 0.330 e. The summed E-state index contributed by atoms with van der Waals surface area (Å²) in [7, 11) is 0. The number of rotatable bonds is 7. The lowest BCUT2D eigenvalue weighted by Gasteiger charge is -2.23. The fraction of sp³-hybridized carbons (Fsp3) is 0.318. The van der Waals surface area contributed by atoms with Crippen LogP contribution in [0.15, 0.2) is 37.7 Å². The molecule has 0 radical (unpaired) electrons. The van der Waals surface area contributed by atoms with Crippen molar-refractivity contribution in [1.82, 2.24) is 19.7 Å². The van der Waals surface area contributed by atoms with E-state index in [4.69, 9.17) is 10.3 Å². The maximum atomic E-state index is 13.8. The Bertz CT molecular complexity index is 1430. The van der Waals surface area contributed by atoms with Gasteiger partial charge in [0.15, 0.2) is 5.69 Å². The SMILES string of the molecule is CCCCn1c(N)c(N(CC)C(=O)c2cc(-c3cccs3)nc3onc(C)c23)c(=O)[nH]c1=O. The number of aromatic nitrogens is 4. The van der Waals surface area contributed by atoms with E-state index in [2.05, 4.69) is 15.1 Å². The molecule has 4 rings (SSSR count). The largest absolute Gasteiger partial charge is 0.383 e. The average molecular weight is 469 g/mol. The zero-order valence-corrected chi connectivity index (χ0v) is 19.4. The molecule has 10 nitrogen and oxygen atoms in total. The van der Waals surface area contributed by atoms with Crippen molar-refractivity contribution in [1.29, 1.82) is 0 Å². The number of fused-ring (bicyclic) bond motifs is 1. The summed E-state index contributed by atoms with van der Waals surface area (Å²) in [4.78, 5) is 47.8. The van der Waals surface area contributed by atoms with Gasteiger partial charge in [-0.05, 0) is 37.8 Å². The summed E-state index contributed by atoms with van der Waals surface area (Å²) >= 11 is 1.48. The summed E-state index contributed by atoms with van der Waals surface area (Å²) in [5.74, 6) is -0.509. The third-order valence-electron chi connectivity index (χ3n) is 5.40. The normalized spacial score (nSPS) is 11.2. The highest BCUT2D eigenvalue weighted by Crippen LogP contribution is 2.31. The van der Waals surface area contributed by atoms with Crippen molar-refractivity contribution in [2.75, 3.05) is 17.2 Å². The first kappa shape index (κ1) is 22.5. The number of carbonyl (C=O) groups is 1. The van der Waals surface area contributed by atoms with Gasteiger partial charge in [-0.2, -0.15) is 0 Å². The van der Waals surface area contributed by atoms with Gasteiger partial charge in [-0.15, -0.1) is 11.3 Å². The molecule has 33 heavy (non-hydrogen) atoms. The number of nitrogens with zero attached hydrogens (tertiary/aromatic N) is 4. The number of unbranched alkanes of at least 4 members (excludes halogenated alkanes) is 1. The summed E-state index contributed by atoms with van der Waals surface area (Å²) in [6.45, 7) is 5.93. The van der Waals surface area contributed by atoms with E-state index < -0.39 is 17.2 Å². The Hall–Kier alpha value is -3.73. The first-order valence-corrected chi connectivity index (χ1v) is 11.5. The maximum Gasteiger partial charge on any atom is 0.330 e. The predicted octanol–water partition coefficient (Wildman–Crippen LogP) is 3.16. The van der Waals surface area contributed by atoms with Crippen LogP contribution in [0.1, 0.15) is 42.7 Å². The molecule has 0 saturated heterocycles. The van der Waals surface area contributed by atoms with Crippen LogP contribution < -0.4 is 21.9 Å². The third-order valence-corrected chi connectivity index (χ3v) is 6.29. The predicted molar refractivity (Wildman–Crippen MR) is 128 cm³/mol. The molecule has 4 heterocycles. The molecule has 0 aromatic carbocycles. The summed E-state index contributed by atoms with van der Waals surface area (Å²) in [6.07, 6.45) is 1.54. The molecule has 0 aliphatic rings. The molecule has 0 aliphatic heterocycles. The maximum absolute atomic E-state index is 13.8. The fourth-order valence-electron chi connectivity index (χ4n) is 3.74. The topological polar surface area (TPSA) is 140 Å². The van der Waals surface area contributed by atoms with Crippen molar-refractivity contribution < 1.29 is 9.32 Å². The van der Waals surface area contributed by atoms with Crippen LogP contribution in [-0.2, 0) is 6.54 Å². The van der Waals surface area contributed by atoms with E-state index in [-0.39, 0.29) is 29.3 Å². The van der Waals surface area contributed by atoms with Crippen molar-refractivity contribution in [3.63, 3.8) is 0 Å². The van der Waals surface area contributed by atoms with Gasteiger partial charge in [0.05, 0.1) is 27.2 Å². The van der Waals surface area contributed by atoms with E-state index in [1.807, 2.05) is 24.4 Å². The van der Waals surface area contributed by atoms with Gasteiger partial charge in [0.1, 0.15) is 5.82 Å². The number of anilines is 2. The van der Waals surface area contributed by atoms with E-state index in [9.17, 15) is 14.4 Å². The molecule has 0 spiro atoms. The molecule has 0 bridgehead atoms. The molecule has 172 valence electrons. The van der Waals surface area contributed by atoms with Gasteiger partial charge in [0.25, 0.3) is 17.2 Å². The fourth-order valence-corrected chi connectivity index (χ4v) is 4.43. The Morgan fingerprint density at radius 3 is 2.79 bits per heavy atom. The highest BCUT2D eigenvalue weighted by Gasteiger charge is 2.28. The lowest BCUT2D eigenvalue weighted by atomic mass is 10.1. The summed E-state index contributed by atoms with van der Waals surface area (Å²) in [6, 6.07) is 5.44. The highest BCUT2D eigenvalue weighted by molar-refractivity contribution is 7.13. The van der Waals surface area contributed by atoms with Crippen molar-refractivity contribution in [2.45, 2.75) is 40.2 Å². The number of pyridine rings is 1. The summed E-state index contributed by atoms with van der Waals surface area (Å²) in [5.41, 5.74) is 6.46. The minimum Gasteiger partial charge on any atom is -0.383 e. The Morgan fingerprint density at radius 1 is 1.33 bits per heavy atom. The number of nitrogens with one attached hydrogen (secondary N) is 1. The van der Waals surface area contributed by atoms with Crippen LogP contribution in [0.2, 0.25) is 0 Å². The number of nitrogens with two attached hydrogens (primary N) is 1. The minimum atomic E-state index is -0.716. The Kier molecular flexibility index (Phi) is 6.14. The number of amides is 1. The molecule has 0 atom stereocenters. The number of aromatic amines is 1. The Labute approximate surface area is 192 Å². The van der Waals surface area contributed by atoms with Crippen molar-refractivity contribution in [3.05, 3.63) is 55.7 Å². The molecule has 1 amide bonds. The number of hydrogen-bond donors (Lipinski definition) is 2. The van der Waals surface area contributed by atoms with Crippen molar-refractivity contribution in [2.24, 2.45) is 0 Å². The Balaban J connectivity index is 1.90. The number of thiophene rings is 1. The first-order chi connectivity index (χ1) is 15.9. The molecular weight excluding hydrogens is 444 g/mol. The van der Waals surface area contributed by atoms with E-state index in [1.54, 1.807) is 19.9 Å². The van der Waals surface area contributed by atoms with Crippen LogP contribution in [0.5, 0.6) is 0 Å². The van der Waals surface area contributed by atoms with Gasteiger partial charge in [-0.25, -0.2) is 9.78 Å². The number of nitrogen functional groups attached to an aromatic ring is 1. The lowest BCUT2D eigenvalue weighted by molar-refractivity contribution is 0.0989. The number of carbonyl (C=O) groups excluding carboxylic acids is 1. The minimum absolute atomic E-state index is 0.0433. The summed E-state index contributed by atoms with van der Waals surface area (Å²) < 4.78 is 6.65. The zero-order valence-electron chi connectivity index (χ0n) is 18.5.